The van der Waals surface area contributed by atoms with E-state index in [1.54, 1.807) is 6.92 Å². The van der Waals surface area contributed by atoms with Gasteiger partial charge in [-0.25, -0.2) is 9.78 Å². The zero-order valence-corrected chi connectivity index (χ0v) is 11.7. The first-order valence-corrected chi connectivity index (χ1v) is 6.86. The Morgan fingerprint density at radius 2 is 2.44 bits per heavy atom. The minimum atomic E-state index is -0.355. The molecule has 1 aromatic heterocycles. The van der Waals surface area contributed by atoms with E-state index in [4.69, 9.17) is 9.47 Å². The van der Waals surface area contributed by atoms with E-state index in [1.165, 1.54) is 11.3 Å². The highest BCUT2D eigenvalue weighted by Gasteiger charge is 2.31. The molecule has 6 heteroatoms. The van der Waals surface area contributed by atoms with E-state index in [0.717, 1.165) is 23.0 Å². The van der Waals surface area contributed by atoms with Gasteiger partial charge in [0.15, 0.2) is 10.8 Å². The summed E-state index contributed by atoms with van der Waals surface area (Å²) in [7, 11) is 0. The van der Waals surface area contributed by atoms with E-state index in [-0.39, 0.29) is 11.5 Å². The third kappa shape index (κ3) is 2.81. The molecule has 1 unspecified atom stereocenters. The summed E-state index contributed by atoms with van der Waals surface area (Å²) in [6, 6.07) is 0. The predicted molar refractivity (Wildman–Crippen MR) is 70.3 cm³/mol. The van der Waals surface area contributed by atoms with E-state index in [1.807, 2.05) is 6.92 Å². The fourth-order valence-corrected chi connectivity index (χ4v) is 2.81. The highest BCUT2D eigenvalue weighted by atomic mass is 32.1. The number of thiazole rings is 1. The summed E-state index contributed by atoms with van der Waals surface area (Å²) in [5, 5.41) is 4.10. The van der Waals surface area contributed by atoms with Crippen LogP contribution in [0.1, 0.15) is 35.6 Å². The maximum Gasteiger partial charge on any atom is 0.358 e. The molecular weight excluding hydrogens is 252 g/mol. The van der Waals surface area contributed by atoms with Crippen molar-refractivity contribution in [1.29, 1.82) is 0 Å². The number of anilines is 1. The molecule has 100 valence electrons. The van der Waals surface area contributed by atoms with Gasteiger partial charge in [-0.15, -0.1) is 11.3 Å². The van der Waals surface area contributed by atoms with Crippen molar-refractivity contribution in [3.63, 3.8) is 0 Å². The lowest BCUT2D eigenvalue weighted by molar-refractivity contribution is 0.0519. The Morgan fingerprint density at radius 3 is 3.06 bits per heavy atom. The van der Waals surface area contributed by atoms with Crippen molar-refractivity contribution in [2.45, 2.75) is 32.7 Å². The Kier molecular flexibility index (Phi) is 3.87. The number of carbonyl (C=O) groups excluding carboxylic acids is 1. The van der Waals surface area contributed by atoms with Crippen LogP contribution in [0, 0.1) is 6.92 Å². The Bertz CT molecular complexity index is 439. The molecular formula is C12H18N2O3S. The van der Waals surface area contributed by atoms with Crippen molar-refractivity contribution in [2.75, 3.05) is 25.1 Å². The van der Waals surface area contributed by atoms with Gasteiger partial charge in [-0.05, 0) is 27.2 Å². The maximum absolute atomic E-state index is 11.7. The third-order valence-corrected chi connectivity index (χ3v) is 3.78. The van der Waals surface area contributed by atoms with Gasteiger partial charge in [0.25, 0.3) is 0 Å². The summed E-state index contributed by atoms with van der Waals surface area (Å²) in [5.74, 6) is -0.355. The number of hydrogen-bond acceptors (Lipinski definition) is 6. The molecule has 1 atom stereocenters. The molecule has 2 rings (SSSR count). The second-order valence-corrected chi connectivity index (χ2v) is 5.84. The van der Waals surface area contributed by atoms with E-state index >= 15 is 0 Å². The second-order valence-electron chi connectivity index (χ2n) is 4.63. The van der Waals surface area contributed by atoms with Crippen LogP contribution in [-0.4, -0.2) is 36.3 Å². The van der Waals surface area contributed by atoms with Crippen LogP contribution in [-0.2, 0) is 9.47 Å². The van der Waals surface area contributed by atoms with Crippen LogP contribution < -0.4 is 5.32 Å². The van der Waals surface area contributed by atoms with Gasteiger partial charge in [0, 0.05) is 11.5 Å². The van der Waals surface area contributed by atoms with Crippen LogP contribution in [0.5, 0.6) is 0 Å². The van der Waals surface area contributed by atoms with Crippen LogP contribution in [0.25, 0.3) is 0 Å². The largest absolute Gasteiger partial charge is 0.461 e. The van der Waals surface area contributed by atoms with Crippen LogP contribution in [0.3, 0.4) is 0 Å². The average molecular weight is 270 g/mol. The highest BCUT2D eigenvalue weighted by Crippen LogP contribution is 2.28. The first-order valence-electron chi connectivity index (χ1n) is 6.04. The summed E-state index contributed by atoms with van der Waals surface area (Å²) in [6.07, 6.45) is 0.945. The Balaban J connectivity index is 2.11. The molecule has 5 nitrogen and oxygen atoms in total. The number of ether oxygens (including phenoxy) is 2. The fraction of sp³-hybridized carbons (Fsp3) is 0.667. The van der Waals surface area contributed by atoms with Gasteiger partial charge < -0.3 is 14.8 Å². The van der Waals surface area contributed by atoms with Gasteiger partial charge in [-0.2, -0.15) is 0 Å². The van der Waals surface area contributed by atoms with Crippen LogP contribution in [0.4, 0.5) is 5.13 Å². The van der Waals surface area contributed by atoms with Crippen molar-refractivity contribution < 1.29 is 14.3 Å². The summed E-state index contributed by atoms with van der Waals surface area (Å²) in [4.78, 5) is 16.9. The summed E-state index contributed by atoms with van der Waals surface area (Å²) < 4.78 is 10.3. The van der Waals surface area contributed by atoms with Crippen molar-refractivity contribution in [3.8, 4) is 0 Å². The standard InChI is InChI=1S/C12H18N2O3S/c1-4-17-10(15)9-8(2)18-11(13-9)14-12(3)5-6-16-7-12/h4-7H2,1-3H3,(H,13,14). The summed E-state index contributed by atoms with van der Waals surface area (Å²) in [6.45, 7) is 7.56. The minimum absolute atomic E-state index is 0.0871. The van der Waals surface area contributed by atoms with Gasteiger partial charge in [0.05, 0.1) is 18.8 Å². The molecule has 0 aliphatic carbocycles. The topological polar surface area (TPSA) is 60.5 Å². The highest BCUT2D eigenvalue weighted by molar-refractivity contribution is 7.15. The van der Waals surface area contributed by atoms with Crippen LogP contribution in [0.2, 0.25) is 0 Å². The maximum atomic E-state index is 11.7. The minimum Gasteiger partial charge on any atom is -0.461 e. The molecule has 0 aromatic carbocycles. The zero-order chi connectivity index (χ0) is 13.2. The number of nitrogens with zero attached hydrogens (tertiary/aromatic N) is 1. The third-order valence-electron chi connectivity index (χ3n) is 2.89. The molecule has 0 spiro atoms. The van der Waals surface area contributed by atoms with Crippen LogP contribution in [0.15, 0.2) is 0 Å². The Hall–Kier alpha value is -1.14. The van der Waals surface area contributed by atoms with Gasteiger partial charge in [0.2, 0.25) is 0 Å². The lowest BCUT2D eigenvalue weighted by atomic mass is 10.0. The number of esters is 1. The SMILES string of the molecule is CCOC(=O)c1nc(NC2(C)CCOC2)sc1C. The number of hydrogen-bond donors (Lipinski definition) is 1. The lowest BCUT2D eigenvalue weighted by Crippen LogP contribution is -2.34. The number of carbonyl (C=O) groups is 1. The van der Waals surface area contributed by atoms with Gasteiger partial charge in [-0.1, -0.05) is 0 Å². The molecule has 1 fully saturated rings. The molecule has 1 N–H and O–H groups in total. The molecule has 0 amide bonds. The Morgan fingerprint density at radius 1 is 1.67 bits per heavy atom. The van der Waals surface area contributed by atoms with E-state index < -0.39 is 0 Å². The van der Waals surface area contributed by atoms with Gasteiger partial charge in [-0.3, -0.25) is 0 Å². The molecule has 1 aliphatic heterocycles. The molecule has 0 bridgehead atoms. The molecule has 2 heterocycles. The normalized spacial score (nSPS) is 23.1. The van der Waals surface area contributed by atoms with Crippen molar-refractivity contribution >= 4 is 22.4 Å². The van der Waals surface area contributed by atoms with E-state index in [9.17, 15) is 4.79 Å². The number of nitrogens with one attached hydrogen (secondary N) is 1. The smallest absolute Gasteiger partial charge is 0.358 e. The molecule has 1 saturated heterocycles. The number of rotatable bonds is 4. The molecule has 0 radical (unpaired) electrons. The van der Waals surface area contributed by atoms with Crippen molar-refractivity contribution in [1.82, 2.24) is 4.98 Å². The Labute approximate surface area is 111 Å². The number of aromatic nitrogens is 1. The summed E-state index contributed by atoms with van der Waals surface area (Å²) >= 11 is 1.48. The fourth-order valence-electron chi connectivity index (χ4n) is 1.86. The first kappa shape index (κ1) is 13.3. The molecule has 18 heavy (non-hydrogen) atoms. The van der Waals surface area contributed by atoms with Gasteiger partial charge >= 0.3 is 5.97 Å². The summed E-state index contributed by atoms with van der Waals surface area (Å²) in [5.41, 5.74) is 0.322. The zero-order valence-electron chi connectivity index (χ0n) is 10.9. The second kappa shape index (κ2) is 5.24. The molecule has 0 saturated carbocycles. The van der Waals surface area contributed by atoms with Crippen molar-refractivity contribution in [2.24, 2.45) is 0 Å². The average Bonchev–Trinajstić information content (AvgIpc) is 2.86. The van der Waals surface area contributed by atoms with Crippen LogP contribution >= 0.6 is 11.3 Å². The number of aryl methyl sites for hydroxylation is 1. The lowest BCUT2D eigenvalue weighted by Gasteiger charge is -2.22. The first-order chi connectivity index (χ1) is 8.54. The predicted octanol–water partition coefficient (Wildman–Crippen LogP) is 2.22. The molecule has 1 aromatic rings. The molecule has 1 aliphatic rings. The van der Waals surface area contributed by atoms with E-state index in [2.05, 4.69) is 17.2 Å². The quantitative estimate of drug-likeness (QED) is 0.850. The van der Waals surface area contributed by atoms with E-state index in [0.29, 0.717) is 18.9 Å². The van der Waals surface area contributed by atoms with Gasteiger partial charge in [0.1, 0.15) is 0 Å². The monoisotopic (exact) mass is 270 g/mol. The van der Waals surface area contributed by atoms with Crippen molar-refractivity contribution in [3.05, 3.63) is 10.6 Å².